The number of ether oxygens (including phenoxy) is 1. The highest BCUT2D eigenvalue weighted by Crippen LogP contribution is 2.22. The van der Waals surface area contributed by atoms with Crippen LogP contribution in [-0.2, 0) is 16.6 Å². The minimum absolute atomic E-state index is 0.245. The van der Waals surface area contributed by atoms with E-state index in [1.54, 1.807) is 7.11 Å². The average Bonchev–Trinajstić information content (AvgIpc) is 2.28. The van der Waals surface area contributed by atoms with Crippen molar-refractivity contribution >= 4 is 0 Å². The molecule has 1 rings (SSSR count). The van der Waals surface area contributed by atoms with Crippen molar-refractivity contribution < 1.29 is 4.74 Å². The van der Waals surface area contributed by atoms with Crippen molar-refractivity contribution in [3.05, 3.63) is 35.4 Å². The van der Waals surface area contributed by atoms with E-state index in [1.807, 2.05) is 0 Å². The van der Waals surface area contributed by atoms with Crippen molar-refractivity contribution in [3.63, 3.8) is 0 Å². The molecular weight excluding hydrogens is 210 g/mol. The van der Waals surface area contributed by atoms with Crippen LogP contribution in [-0.4, -0.2) is 26.8 Å². The summed E-state index contributed by atoms with van der Waals surface area (Å²) in [5.41, 5.74) is 3.03. The molecule has 0 bridgehead atoms. The van der Waals surface area contributed by atoms with E-state index in [0.29, 0.717) is 0 Å². The van der Waals surface area contributed by atoms with Crippen molar-refractivity contribution in [2.45, 2.75) is 32.6 Å². The van der Waals surface area contributed by atoms with Crippen LogP contribution < -0.4 is 5.32 Å². The molecule has 2 heteroatoms. The molecule has 1 aromatic rings. The first-order valence-electron chi connectivity index (χ1n) is 6.33. The molecule has 0 aliphatic carbocycles. The van der Waals surface area contributed by atoms with Gasteiger partial charge in [-0.15, -0.1) is 0 Å². The Hall–Kier alpha value is -0.860. The lowest BCUT2D eigenvalue weighted by Gasteiger charge is -2.19. The van der Waals surface area contributed by atoms with Crippen molar-refractivity contribution in [3.8, 4) is 0 Å². The van der Waals surface area contributed by atoms with Gasteiger partial charge < -0.3 is 10.1 Å². The normalized spacial score (nSPS) is 11.8. The van der Waals surface area contributed by atoms with Crippen LogP contribution in [0.1, 0.15) is 31.9 Å². The summed E-state index contributed by atoms with van der Waals surface area (Å²) < 4.78 is 4.98. The summed E-state index contributed by atoms with van der Waals surface area (Å²) in [7, 11) is 1.73. The van der Waals surface area contributed by atoms with Crippen molar-refractivity contribution in [1.82, 2.24) is 5.32 Å². The molecule has 1 N–H and O–H groups in total. The molecule has 0 aromatic heterocycles. The molecule has 0 saturated heterocycles. The summed E-state index contributed by atoms with van der Waals surface area (Å²) in [4.78, 5) is 0. The molecule has 0 atom stereocenters. The number of rotatable bonds is 6. The maximum absolute atomic E-state index is 4.98. The zero-order valence-corrected chi connectivity index (χ0v) is 11.5. The number of hydrogen-bond acceptors (Lipinski definition) is 2. The molecule has 0 fully saturated rings. The van der Waals surface area contributed by atoms with Gasteiger partial charge in [0.15, 0.2) is 0 Å². The Morgan fingerprint density at radius 1 is 1.06 bits per heavy atom. The number of hydrogen-bond donors (Lipinski definition) is 1. The van der Waals surface area contributed by atoms with E-state index in [0.717, 1.165) is 26.1 Å². The van der Waals surface area contributed by atoms with Gasteiger partial charge in [0.25, 0.3) is 0 Å². The van der Waals surface area contributed by atoms with Crippen LogP contribution in [0.4, 0.5) is 0 Å². The highest BCUT2D eigenvalue weighted by Gasteiger charge is 2.12. The Balaban J connectivity index is 2.36. The van der Waals surface area contributed by atoms with Crippen LogP contribution in [0, 0.1) is 0 Å². The predicted molar refractivity (Wildman–Crippen MR) is 73.6 cm³/mol. The molecule has 0 amide bonds. The Labute approximate surface area is 105 Å². The fraction of sp³-hybridized carbons (Fsp3) is 0.600. The molecule has 0 unspecified atom stereocenters. The molecule has 1 aromatic carbocycles. The predicted octanol–water partition coefficient (Wildman–Crippen LogP) is 2.76. The quantitative estimate of drug-likeness (QED) is 0.766. The van der Waals surface area contributed by atoms with Gasteiger partial charge in [-0.25, -0.2) is 0 Å². The van der Waals surface area contributed by atoms with Crippen molar-refractivity contribution in [2.24, 2.45) is 0 Å². The van der Waals surface area contributed by atoms with E-state index >= 15 is 0 Å². The average molecular weight is 235 g/mol. The number of benzene rings is 1. The van der Waals surface area contributed by atoms with Gasteiger partial charge in [0, 0.05) is 13.7 Å². The van der Waals surface area contributed by atoms with Crippen LogP contribution in [0.25, 0.3) is 0 Å². The van der Waals surface area contributed by atoms with Gasteiger partial charge >= 0.3 is 0 Å². The molecular formula is C15H25NO. The van der Waals surface area contributed by atoms with Crippen LogP contribution in [0.2, 0.25) is 0 Å². The molecule has 17 heavy (non-hydrogen) atoms. The molecule has 96 valence electrons. The van der Waals surface area contributed by atoms with Gasteiger partial charge in [-0.2, -0.15) is 0 Å². The zero-order valence-electron chi connectivity index (χ0n) is 11.5. The highest BCUT2D eigenvalue weighted by molar-refractivity contribution is 5.27. The second-order valence-electron chi connectivity index (χ2n) is 5.44. The summed E-state index contributed by atoms with van der Waals surface area (Å²) >= 11 is 0. The van der Waals surface area contributed by atoms with Crippen LogP contribution in [0.3, 0.4) is 0 Å². The van der Waals surface area contributed by atoms with Gasteiger partial charge in [-0.1, -0.05) is 45.0 Å². The van der Waals surface area contributed by atoms with E-state index in [-0.39, 0.29) is 5.41 Å². The lowest BCUT2D eigenvalue weighted by Crippen LogP contribution is -2.21. The summed E-state index contributed by atoms with van der Waals surface area (Å²) in [5.74, 6) is 0. The van der Waals surface area contributed by atoms with Crippen LogP contribution in [0.5, 0.6) is 0 Å². The second-order valence-corrected chi connectivity index (χ2v) is 5.44. The van der Waals surface area contributed by atoms with Crippen molar-refractivity contribution in [2.75, 3.05) is 26.8 Å². The minimum Gasteiger partial charge on any atom is -0.383 e. The molecule has 0 aliphatic rings. The molecule has 0 radical (unpaired) electrons. The second kappa shape index (κ2) is 6.77. The lowest BCUT2D eigenvalue weighted by molar-refractivity contribution is 0.199. The summed E-state index contributed by atoms with van der Waals surface area (Å²) in [6.45, 7) is 9.45. The van der Waals surface area contributed by atoms with E-state index < -0.39 is 0 Å². The zero-order chi connectivity index (χ0) is 12.7. The van der Waals surface area contributed by atoms with Gasteiger partial charge in [-0.3, -0.25) is 0 Å². The highest BCUT2D eigenvalue weighted by atomic mass is 16.5. The topological polar surface area (TPSA) is 21.3 Å². The van der Waals surface area contributed by atoms with Crippen molar-refractivity contribution in [1.29, 1.82) is 0 Å². The third-order valence-corrected chi connectivity index (χ3v) is 2.89. The Morgan fingerprint density at radius 3 is 2.24 bits per heavy atom. The Morgan fingerprint density at radius 2 is 1.71 bits per heavy atom. The monoisotopic (exact) mass is 235 g/mol. The fourth-order valence-electron chi connectivity index (χ4n) is 1.70. The van der Waals surface area contributed by atoms with E-state index in [4.69, 9.17) is 4.74 Å². The summed E-state index contributed by atoms with van der Waals surface area (Å²) in [5, 5.41) is 3.35. The number of methoxy groups -OCH3 is 1. The summed E-state index contributed by atoms with van der Waals surface area (Å²) in [6, 6.07) is 8.95. The molecule has 0 saturated carbocycles. The molecule has 0 spiro atoms. The van der Waals surface area contributed by atoms with Gasteiger partial charge in [0.1, 0.15) is 0 Å². The summed E-state index contributed by atoms with van der Waals surface area (Å²) in [6.07, 6.45) is 1.08. The third kappa shape index (κ3) is 5.33. The Kier molecular flexibility index (Phi) is 5.66. The molecule has 2 nitrogen and oxygen atoms in total. The van der Waals surface area contributed by atoms with Gasteiger partial charge in [0.05, 0.1) is 6.61 Å². The van der Waals surface area contributed by atoms with Crippen LogP contribution >= 0.6 is 0 Å². The first-order chi connectivity index (χ1) is 8.04. The lowest BCUT2D eigenvalue weighted by atomic mass is 9.86. The maximum Gasteiger partial charge on any atom is 0.0587 e. The minimum atomic E-state index is 0.245. The standard InChI is InChI=1S/C15H25NO/c1-15(2,3)14-7-5-13(6-8-14)9-10-16-11-12-17-4/h5-8,16H,9-12H2,1-4H3. The first kappa shape index (κ1) is 14.2. The van der Waals surface area contributed by atoms with Gasteiger partial charge in [-0.05, 0) is 29.5 Å². The molecule has 0 heterocycles. The smallest absolute Gasteiger partial charge is 0.0587 e. The number of nitrogens with one attached hydrogen (secondary N) is 1. The first-order valence-corrected chi connectivity index (χ1v) is 6.33. The largest absolute Gasteiger partial charge is 0.383 e. The SMILES string of the molecule is COCCNCCc1ccc(C(C)(C)C)cc1. The Bertz CT molecular complexity index is 311. The van der Waals surface area contributed by atoms with E-state index in [1.165, 1.54) is 11.1 Å². The van der Waals surface area contributed by atoms with E-state index in [9.17, 15) is 0 Å². The van der Waals surface area contributed by atoms with Crippen LogP contribution in [0.15, 0.2) is 24.3 Å². The van der Waals surface area contributed by atoms with Gasteiger partial charge in [0.2, 0.25) is 0 Å². The fourth-order valence-corrected chi connectivity index (χ4v) is 1.70. The third-order valence-electron chi connectivity index (χ3n) is 2.89. The molecule has 0 aliphatic heterocycles. The van der Waals surface area contributed by atoms with E-state index in [2.05, 4.69) is 50.4 Å². The maximum atomic E-state index is 4.98.